The van der Waals surface area contributed by atoms with Crippen molar-refractivity contribution in [3.63, 3.8) is 0 Å². The van der Waals surface area contributed by atoms with Gasteiger partial charge in [0.2, 0.25) is 0 Å². The predicted molar refractivity (Wildman–Crippen MR) is 150 cm³/mol. The topological polar surface area (TPSA) is 49.3 Å². The van der Waals surface area contributed by atoms with Gasteiger partial charge in [-0.3, -0.25) is 0 Å². The molecule has 1 aliphatic carbocycles. The summed E-state index contributed by atoms with van der Waals surface area (Å²) in [6.07, 6.45) is 3.22. The molecule has 1 aliphatic rings. The van der Waals surface area contributed by atoms with Crippen molar-refractivity contribution in [1.29, 1.82) is 0 Å². The van der Waals surface area contributed by atoms with E-state index in [1.54, 1.807) is 0 Å². The molecule has 0 amide bonds. The van der Waals surface area contributed by atoms with Gasteiger partial charge in [0.1, 0.15) is 0 Å². The lowest BCUT2D eigenvalue weighted by atomic mass is 9.72. The van der Waals surface area contributed by atoms with Gasteiger partial charge in [-0.25, -0.2) is 4.79 Å². The zero-order valence-corrected chi connectivity index (χ0v) is 21.7. The van der Waals surface area contributed by atoms with Crippen molar-refractivity contribution in [1.82, 2.24) is 5.32 Å². The van der Waals surface area contributed by atoms with Crippen LogP contribution in [0.3, 0.4) is 0 Å². The molecule has 0 aromatic heterocycles. The zero-order chi connectivity index (χ0) is 24.4. The van der Waals surface area contributed by atoms with Gasteiger partial charge in [-0.2, -0.15) is 0 Å². The monoisotopic (exact) mass is 499 g/mol. The average Bonchev–Trinajstić information content (AvgIpc) is 2.88. The second kappa shape index (κ2) is 11.3. The largest absolute Gasteiger partial charge is 0.478 e. The molecule has 0 saturated heterocycles. The smallest absolute Gasteiger partial charge is 0.335 e. The first-order valence-electron chi connectivity index (χ1n) is 12.6. The molecule has 4 aromatic rings. The number of hydrogen-bond acceptors (Lipinski definition) is 2. The van der Waals surface area contributed by atoms with Crippen LogP contribution in [0.5, 0.6) is 0 Å². The number of aryl methyl sites for hydroxylation is 1. The molecule has 5 rings (SSSR count). The summed E-state index contributed by atoms with van der Waals surface area (Å²) in [5, 5.41) is 16.0. The summed E-state index contributed by atoms with van der Waals surface area (Å²) in [7, 11) is 0. The summed E-state index contributed by atoms with van der Waals surface area (Å²) in [5.41, 5.74) is 6.42. The molecule has 1 unspecified atom stereocenters. The Morgan fingerprint density at radius 2 is 1.75 bits per heavy atom. The Balaban J connectivity index is 0.00000304. The predicted octanol–water partition coefficient (Wildman–Crippen LogP) is 7.70. The number of benzene rings is 4. The molecule has 3 nitrogen and oxygen atoms in total. The highest BCUT2D eigenvalue weighted by molar-refractivity contribution is 5.89. The van der Waals surface area contributed by atoms with Crippen molar-refractivity contribution >= 4 is 29.1 Å². The highest BCUT2D eigenvalue weighted by atomic mass is 35.5. The van der Waals surface area contributed by atoms with Crippen LogP contribution in [0.2, 0.25) is 0 Å². The Morgan fingerprint density at radius 3 is 2.58 bits per heavy atom. The summed E-state index contributed by atoms with van der Waals surface area (Å²) < 4.78 is 0. The van der Waals surface area contributed by atoms with E-state index in [9.17, 15) is 9.90 Å². The molecule has 0 saturated carbocycles. The molecule has 0 radical (unpaired) electrons. The fraction of sp³-hybridized carbons (Fsp3) is 0.281. The Labute approximate surface area is 220 Å². The number of nitrogens with one attached hydrogen (secondary N) is 1. The SMILES string of the molecule is Cc1ccc(C2C[C@H](CCN[C@H](C)c3cccc4ccccc34)Cc3ccccc32)cc1C(=O)O.Cl. The third kappa shape index (κ3) is 5.33. The molecule has 3 atom stereocenters. The summed E-state index contributed by atoms with van der Waals surface area (Å²) >= 11 is 0. The molecule has 0 aliphatic heterocycles. The van der Waals surface area contributed by atoms with Crippen molar-refractivity contribution in [2.75, 3.05) is 6.54 Å². The first kappa shape index (κ1) is 25.9. The minimum absolute atomic E-state index is 0. The number of hydrogen-bond donors (Lipinski definition) is 2. The fourth-order valence-corrected chi connectivity index (χ4v) is 5.78. The van der Waals surface area contributed by atoms with Crippen LogP contribution >= 0.6 is 12.4 Å². The summed E-state index contributed by atoms with van der Waals surface area (Å²) in [5.74, 6) is -0.0625. The number of rotatable bonds is 7. The molecular weight excluding hydrogens is 466 g/mol. The van der Waals surface area contributed by atoms with Crippen LogP contribution in [0.25, 0.3) is 10.8 Å². The van der Waals surface area contributed by atoms with E-state index >= 15 is 0 Å². The second-order valence-corrected chi connectivity index (χ2v) is 9.97. The molecule has 4 aromatic carbocycles. The number of aromatic carboxylic acids is 1. The van der Waals surface area contributed by atoms with E-state index in [4.69, 9.17) is 0 Å². The van der Waals surface area contributed by atoms with Gasteiger partial charge in [-0.15, -0.1) is 12.4 Å². The Kier molecular flexibility index (Phi) is 8.13. The number of fused-ring (bicyclic) bond motifs is 2. The lowest BCUT2D eigenvalue weighted by molar-refractivity contribution is 0.0696. The van der Waals surface area contributed by atoms with Crippen LogP contribution in [0.1, 0.15) is 69.9 Å². The quantitative estimate of drug-likeness (QED) is 0.274. The normalized spacial score (nSPS) is 17.7. The van der Waals surface area contributed by atoms with E-state index in [0.29, 0.717) is 11.5 Å². The molecule has 2 N–H and O–H groups in total. The Hall–Kier alpha value is -3.14. The maximum absolute atomic E-state index is 11.8. The molecule has 186 valence electrons. The number of carboxylic acids is 1. The maximum atomic E-state index is 11.8. The lowest BCUT2D eigenvalue weighted by Gasteiger charge is -2.32. The van der Waals surface area contributed by atoms with E-state index < -0.39 is 5.97 Å². The van der Waals surface area contributed by atoms with Gasteiger partial charge in [0.25, 0.3) is 0 Å². The molecule has 4 heteroatoms. The summed E-state index contributed by atoms with van der Waals surface area (Å²) in [4.78, 5) is 11.8. The van der Waals surface area contributed by atoms with E-state index in [-0.39, 0.29) is 24.4 Å². The van der Waals surface area contributed by atoms with Gasteiger partial charge in [0.15, 0.2) is 0 Å². The standard InChI is InChI=1S/C32H33NO2.ClH/c1-21-14-15-26(20-30(21)32(34)35)31-19-23(18-25-9-4-6-12-29(25)31)16-17-33-22(2)27-13-7-10-24-8-3-5-11-28(24)27;/h3-15,20,22-23,31,33H,16-19H2,1-2H3,(H,34,35);1H/t22-,23-,31?;/m1./s1. The van der Waals surface area contributed by atoms with Gasteiger partial charge in [0.05, 0.1) is 5.56 Å². The van der Waals surface area contributed by atoms with Gasteiger partial charge < -0.3 is 10.4 Å². The van der Waals surface area contributed by atoms with Crippen molar-refractivity contribution in [3.05, 3.63) is 118 Å². The Morgan fingerprint density at radius 1 is 1.00 bits per heavy atom. The van der Waals surface area contributed by atoms with Crippen LogP contribution in [0.4, 0.5) is 0 Å². The van der Waals surface area contributed by atoms with Crippen LogP contribution in [-0.2, 0) is 6.42 Å². The molecule has 0 heterocycles. The highest BCUT2D eigenvalue weighted by Gasteiger charge is 2.28. The average molecular weight is 500 g/mol. The van der Waals surface area contributed by atoms with Crippen molar-refractivity contribution in [2.24, 2.45) is 5.92 Å². The van der Waals surface area contributed by atoms with Gasteiger partial charge >= 0.3 is 5.97 Å². The minimum Gasteiger partial charge on any atom is -0.478 e. The third-order valence-corrected chi connectivity index (χ3v) is 7.70. The zero-order valence-electron chi connectivity index (χ0n) is 20.9. The first-order valence-corrected chi connectivity index (χ1v) is 12.6. The maximum Gasteiger partial charge on any atom is 0.335 e. The lowest BCUT2D eigenvalue weighted by Crippen LogP contribution is -2.26. The Bertz CT molecular complexity index is 1360. The highest BCUT2D eigenvalue weighted by Crippen LogP contribution is 2.41. The third-order valence-electron chi connectivity index (χ3n) is 7.70. The van der Waals surface area contributed by atoms with Crippen LogP contribution in [0, 0.1) is 12.8 Å². The number of carbonyl (C=O) groups is 1. The van der Waals surface area contributed by atoms with E-state index in [1.807, 2.05) is 19.1 Å². The summed E-state index contributed by atoms with van der Waals surface area (Å²) in [6.45, 7) is 5.08. The molecule has 0 bridgehead atoms. The van der Waals surface area contributed by atoms with Crippen LogP contribution < -0.4 is 5.32 Å². The number of halogens is 1. The molecule has 36 heavy (non-hydrogen) atoms. The molecule has 0 fully saturated rings. The minimum atomic E-state index is -0.850. The second-order valence-electron chi connectivity index (χ2n) is 9.97. The fourth-order valence-electron chi connectivity index (χ4n) is 5.78. The van der Waals surface area contributed by atoms with E-state index in [2.05, 4.69) is 85.0 Å². The van der Waals surface area contributed by atoms with E-state index in [0.717, 1.165) is 36.9 Å². The van der Waals surface area contributed by atoms with Gasteiger partial charge in [0, 0.05) is 12.0 Å². The van der Waals surface area contributed by atoms with Crippen molar-refractivity contribution in [2.45, 2.75) is 45.1 Å². The summed E-state index contributed by atoms with van der Waals surface area (Å²) in [6, 6.07) is 30.1. The number of carboxylic acid groups (broad SMARTS) is 1. The van der Waals surface area contributed by atoms with Crippen molar-refractivity contribution < 1.29 is 9.90 Å². The van der Waals surface area contributed by atoms with Gasteiger partial charge in [-0.1, -0.05) is 78.9 Å². The van der Waals surface area contributed by atoms with Crippen LogP contribution in [0.15, 0.2) is 84.9 Å². The van der Waals surface area contributed by atoms with Crippen LogP contribution in [-0.4, -0.2) is 17.6 Å². The van der Waals surface area contributed by atoms with Gasteiger partial charge in [-0.05, 0) is 90.2 Å². The first-order chi connectivity index (χ1) is 17.0. The molecule has 0 spiro atoms. The van der Waals surface area contributed by atoms with Crippen molar-refractivity contribution in [3.8, 4) is 0 Å². The molecular formula is C32H34ClNO2. The van der Waals surface area contributed by atoms with E-state index in [1.165, 1.54) is 27.5 Å².